The van der Waals surface area contributed by atoms with Crippen LogP contribution < -0.4 is 5.32 Å². The number of phenols is 1. The molecule has 0 spiro atoms. The minimum atomic E-state index is -1.12. The Morgan fingerprint density at radius 1 is 1.47 bits per heavy atom. The summed E-state index contributed by atoms with van der Waals surface area (Å²) in [4.78, 5) is 22.8. The molecule has 0 aliphatic carbocycles. The number of rotatable bonds is 4. The first-order chi connectivity index (χ1) is 8.08. The number of carbonyl (C=O) groups is 2. The molecule has 0 fully saturated rings. The van der Waals surface area contributed by atoms with Gasteiger partial charge in [0, 0.05) is 5.56 Å². The minimum absolute atomic E-state index is 0.0590. The summed E-state index contributed by atoms with van der Waals surface area (Å²) in [5.74, 6) is -1.37. The summed E-state index contributed by atoms with van der Waals surface area (Å²) in [6.07, 6.45) is 0. The number of ether oxygens (including phenoxy) is 1. The molecule has 0 aliphatic heterocycles. The molecule has 0 bridgehead atoms. The molecule has 6 nitrogen and oxygen atoms in total. The van der Waals surface area contributed by atoms with Crippen LogP contribution in [0.1, 0.15) is 10.4 Å². The van der Waals surface area contributed by atoms with E-state index in [0.29, 0.717) is 0 Å². The highest BCUT2D eigenvalue weighted by Gasteiger charge is 2.21. The van der Waals surface area contributed by atoms with Gasteiger partial charge in [-0.3, -0.25) is 4.79 Å². The minimum Gasteiger partial charge on any atom is -0.508 e. The Balaban J connectivity index is 2.74. The van der Waals surface area contributed by atoms with E-state index in [0.717, 1.165) is 7.11 Å². The molecule has 0 heterocycles. The van der Waals surface area contributed by atoms with E-state index in [9.17, 15) is 14.7 Å². The molecule has 0 aliphatic rings. The molecule has 1 rings (SSSR count). The van der Waals surface area contributed by atoms with Crippen LogP contribution in [0.3, 0.4) is 0 Å². The standard InChI is InChI=1S/C11H13NO5/c1-17-11(16)9(6-13)12-10(15)7-3-2-4-8(14)5-7/h2-5,9,13-14H,6H2,1H3,(H,12,15). The maximum atomic E-state index is 11.6. The third-order valence-electron chi connectivity index (χ3n) is 2.08. The van der Waals surface area contributed by atoms with Crippen molar-refractivity contribution in [2.75, 3.05) is 13.7 Å². The molecule has 3 N–H and O–H groups in total. The number of nitrogens with one attached hydrogen (secondary N) is 1. The Bertz CT molecular complexity index is 418. The Morgan fingerprint density at radius 2 is 2.18 bits per heavy atom. The quantitative estimate of drug-likeness (QED) is 0.624. The van der Waals surface area contributed by atoms with E-state index in [2.05, 4.69) is 10.1 Å². The number of hydrogen-bond donors (Lipinski definition) is 3. The van der Waals surface area contributed by atoms with Crippen LogP contribution in [0.15, 0.2) is 24.3 Å². The zero-order valence-electron chi connectivity index (χ0n) is 9.21. The zero-order chi connectivity index (χ0) is 12.8. The molecule has 0 saturated carbocycles. The molecule has 6 heteroatoms. The molecule has 0 aromatic heterocycles. The third kappa shape index (κ3) is 3.46. The first kappa shape index (κ1) is 13.0. The fourth-order valence-corrected chi connectivity index (χ4v) is 1.21. The van der Waals surface area contributed by atoms with Crippen molar-refractivity contribution in [3.8, 4) is 5.75 Å². The lowest BCUT2D eigenvalue weighted by Gasteiger charge is -2.13. The van der Waals surface area contributed by atoms with E-state index in [1.807, 2.05) is 0 Å². The highest BCUT2D eigenvalue weighted by Crippen LogP contribution is 2.10. The Hall–Kier alpha value is -2.08. The van der Waals surface area contributed by atoms with E-state index in [-0.39, 0.29) is 11.3 Å². The van der Waals surface area contributed by atoms with Gasteiger partial charge in [-0.2, -0.15) is 0 Å². The van der Waals surface area contributed by atoms with Crippen molar-refractivity contribution in [1.29, 1.82) is 0 Å². The van der Waals surface area contributed by atoms with Gasteiger partial charge in [-0.1, -0.05) is 6.07 Å². The van der Waals surface area contributed by atoms with Gasteiger partial charge in [-0.25, -0.2) is 4.79 Å². The number of methoxy groups -OCH3 is 1. The van der Waals surface area contributed by atoms with Crippen LogP contribution >= 0.6 is 0 Å². The van der Waals surface area contributed by atoms with Crippen LogP contribution in [0.25, 0.3) is 0 Å². The lowest BCUT2D eigenvalue weighted by Crippen LogP contribution is -2.44. The molecule has 1 aromatic rings. The van der Waals surface area contributed by atoms with Gasteiger partial charge in [0.05, 0.1) is 13.7 Å². The summed E-state index contributed by atoms with van der Waals surface area (Å²) in [7, 11) is 1.16. The van der Waals surface area contributed by atoms with Crippen molar-refractivity contribution < 1.29 is 24.5 Å². The second kappa shape index (κ2) is 5.86. The van der Waals surface area contributed by atoms with Crippen molar-refractivity contribution >= 4 is 11.9 Å². The van der Waals surface area contributed by atoms with Gasteiger partial charge in [0.15, 0.2) is 6.04 Å². The summed E-state index contributed by atoms with van der Waals surface area (Å²) in [5.41, 5.74) is 0.187. The van der Waals surface area contributed by atoms with Gasteiger partial charge in [-0.05, 0) is 18.2 Å². The molecule has 1 aromatic carbocycles. The van der Waals surface area contributed by atoms with Crippen LogP contribution in [0, 0.1) is 0 Å². The van der Waals surface area contributed by atoms with Crippen LogP contribution in [0.5, 0.6) is 5.75 Å². The molecule has 17 heavy (non-hydrogen) atoms. The van der Waals surface area contributed by atoms with Gasteiger partial charge in [0.25, 0.3) is 5.91 Å². The predicted octanol–water partition coefficient (Wildman–Crippen LogP) is -0.344. The summed E-state index contributed by atoms with van der Waals surface area (Å²) < 4.78 is 4.40. The number of phenolic OH excluding ortho intramolecular Hbond substituents is 1. The largest absolute Gasteiger partial charge is 0.508 e. The number of hydrogen-bond acceptors (Lipinski definition) is 5. The van der Waals surface area contributed by atoms with Gasteiger partial charge in [0.1, 0.15) is 5.75 Å². The molecule has 1 atom stereocenters. The Morgan fingerprint density at radius 3 is 2.71 bits per heavy atom. The first-order valence-corrected chi connectivity index (χ1v) is 4.87. The second-order valence-electron chi connectivity index (χ2n) is 3.28. The van der Waals surface area contributed by atoms with E-state index in [1.54, 1.807) is 0 Å². The summed E-state index contributed by atoms with van der Waals surface area (Å²) >= 11 is 0. The normalized spacial score (nSPS) is 11.6. The predicted molar refractivity (Wildman–Crippen MR) is 58.5 cm³/mol. The summed E-state index contributed by atoms with van der Waals surface area (Å²) in [5, 5.41) is 20.4. The lowest BCUT2D eigenvalue weighted by molar-refractivity contribution is -0.143. The van der Waals surface area contributed by atoms with Crippen molar-refractivity contribution in [2.24, 2.45) is 0 Å². The average Bonchev–Trinajstić information content (AvgIpc) is 2.34. The highest BCUT2D eigenvalue weighted by molar-refractivity contribution is 5.97. The molecule has 0 radical (unpaired) electrons. The zero-order valence-corrected chi connectivity index (χ0v) is 9.21. The molecule has 1 amide bonds. The fourth-order valence-electron chi connectivity index (χ4n) is 1.21. The van der Waals surface area contributed by atoms with Crippen molar-refractivity contribution in [3.05, 3.63) is 29.8 Å². The number of carbonyl (C=O) groups excluding carboxylic acids is 2. The van der Waals surface area contributed by atoms with Gasteiger partial charge in [-0.15, -0.1) is 0 Å². The monoisotopic (exact) mass is 239 g/mol. The third-order valence-corrected chi connectivity index (χ3v) is 2.08. The Kier molecular flexibility index (Phi) is 4.47. The maximum absolute atomic E-state index is 11.6. The number of amides is 1. The number of benzene rings is 1. The maximum Gasteiger partial charge on any atom is 0.330 e. The van der Waals surface area contributed by atoms with E-state index < -0.39 is 24.5 Å². The van der Waals surface area contributed by atoms with Crippen LogP contribution in [-0.2, 0) is 9.53 Å². The fraction of sp³-hybridized carbons (Fsp3) is 0.273. The van der Waals surface area contributed by atoms with Crippen molar-refractivity contribution in [2.45, 2.75) is 6.04 Å². The molecule has 0 saturated heterocycles. The molecular weight excluding hydrogens is 226 g/mol. The highest BCUT2D eigenvalue weighted by atomic mass is 16.5. The van der Waals surface area contributed by atoms with Crippen LogP contribution in [0.4, 0.5) is 0 Å². The van der Waals surface area contributed by atoms with Crippen molar-refractivity contribution in [1.82, 2.24) is 5.32 Å². The number of aliphatic hydroxyl groups is 1. The van der Waals surface area contributed by atoms with E-state index in [1.165, 1.54) is 24.3 Å². The lowest BCUT2D eigenvalue weighted by atomic mass is 10.2. The number of aromatic hydroxyl groups is 1. The van der Waals surface area contributed by atoms with Crippen LogP contribution in [-0.4, -0.2) is 41.8 Å². The average molecular weight is 239 g/mol. The molecule has 92 valence electrons. The molecular formula is C11H13NO5. The van der Waals surface area contributed by atoms with Gasteiger partial charge in [0.2, 0.25) is 0 Å². The Labute approximate surface area is 97.8 Å². The van der Waals surface area contributed by atoms with E-state index in [4.69, 9.17) is 5.11 Å². The second-order valence-corrected chi connectivity index (χ2v) is 3.28. The first-order valence-electron chi connectivity index (χ1n) is 4.87. The number of aliphatic hydroxyl groups excluding tert-OH is 1. The SMILES string of the molecule is COC(=O)C(CO)NC(=O)c1cccc(O)c1. The topological polar surface area (TPSA) is 95.9 Å². The summed E-state index contributed by atoms with van der Waals surface area (Å²) in [6, 6.07) is 4.52. The van der Waals surface area contributed by atoms with E-state index >= 15 is 0 Å². The van der Waals surface area contributed by atoms with Crippen LogP contribution in [0.2, 0.25) is 0 Å². The summed E-state index contributed by atoms with van der Waals surface area (Å²) in [6.45, 7) is -0.558. The molecule has 1 unspecified atom stereocenters. The van der Waals surface area contributed by atoms with Gasteiger partial charge < -0.3 is 20.3 Å². The number of esters is 1. The smallest absolute Gasteiger partial charge is 0.330 e. The van der Waals surface area contributed by atoms with Crippen molar-refractivity contribution in [3.63, 3.8) is 0 Å². The van der Waals surface area contributed by atoms with Gasteiger partial charge >= 0.3 is 5.97 Å².